The second-order valence-electron chi connectivity index (χ2n) is 6.32. The molecule has 0 amide bonds. The standard InChI is InChI=1S/C15H23N5/c1-2-14-11-20(7-6-19(14)5-1)15-17-9-12(10-18-15)8-16-13-3-4-13/h9-10,13-14,16H,1-8,11H2. The lowest BCUT2D eigenvalue weighted by molar-refractivity contribution is 0.229. The van der Waals surface area contributed by atoms with Crippen molar-refractivity contribution in [2.75, 3.05) is 31.1 Å². The Labute approximate surface area is 120 Å². The molecule has 108 valence electrons. The molecule has 4 rings (SSSR count). The zero-order chi connectivity index (χ0) is 13.4. The van der Waals surface area contributed by atoms with Gasteiger partial charge in [-0.3, -0.25) is 4.90 Å². The summed E-state index contributed by atoms with van der Waals surface area (Å²) in [6.45, 7) is 5.52. The lowest BCUT2D eigenvalue weighted by atomic mass is 10.1. The Balaban J connectivity index is 1.37. The molecule has 5 heteroatoms. The lowest BCUT2D eigenvalue weighted by Crippen LogP contribution is -2.50. The topological polar surface area (TPSA) is 44.3 Å². The summed E-state index contributed by atoms with van der Waals surface area (Å²) in [7, 11) is 0. The average Bonchev–Trinajstić information content (AvgIpc) is 3.21. The largest absolute Gasteiger partial charge is 0.338 e. The van der Waals surface area contributed by atoms with Crippen LogP contribution in [-0.4, -0.2) is 53.1 Å². The molecule has 1 aromatic heterocycles. The van der Waals surface area contributed by atoms with Crippen molar-refractivity contribution >= 4 is 5.95 Å². The highest BCUT2D eigenvalue weighted by Gasteiger charge is 2.31. The van der Waals surface area contributed by atoms with E-state index in [9.17, 15) is 0 Å². The first kappa shape index (κ1) is 12.5. The van der Waals surface area contributed by atoms with Crippen LogP contribution in [0.25, 0.3) is 0 Å². The predicted molar refractivity (Wildman–Crippen MR) is 78.7 cm³/mol. The summed E-state index contributed by atoms with van der Waals surface area (Å²) in [5.74, 6) is 0.909. The molecule has 1 N–H and O–H groups in total. The van der Waals surface area contributed by atoms with Gasteiger partial charge in [0.15, 0.2) is 0 Å². The molecule has 5 nitrogen and oxygen atoms in total. The Morgan fingerprint density at radius 3 is 2.75 bits per heavy atom. The van der Waals surface area contributed by atoms with Gasteiger partial charge >= 0.3 is 0 Å². The van der Waals surface area contributed by atoms with E-state index in [1.54, 1.807) is 0 Å². The van der Waals surface area contributed by atoms with E-state index in [0.717, 1.165) is 37.7 Å². The molecule has 0 aromatic carbocycles. The number of hydrogen-bond donors (Lipinski definition) is 1. The smallest absolute Gasteiger partial charge is 0.225 e. The predicted octanol–water partition coefficient (Wildman–Crippen LogP) is 1.01. The minimum atomic E-state index is 0.726. The van der Waals surface area contributed by atoms with Crippen LogP contribution in [0.5, 0.6) is 0 Å². The number of nitrogens with one attached hydrogen (secondary N) is 1. The fourth-order valence-corrected chi connectivity index (χ4v) is 3.32. The van der Waals surface area contributed by atoms with Gasteiger partial charge in [0.2, 0.25) is 5.95 Å². The highest BCUT2D eigenvalue weighted by atomic mass is 15.3. The van der Waals surface area contributed by atoms with Gasteiger partial charge < -0.3 is 10.2 Å². The van der Waals surface area contributed by atoms with E-state index in [1.165, 1.54) is 44.3 Å². The molecule has 3 fully saturated rings. The summed E-state index contributed by atoms with van der Waals surface area (Å²) in [5.41, 5.74) is 1.19. The number of fused-ring (bicyclic) bond motifs is 1. The van der Waals surface area contributed by atoms with Crippen molar-refractivity contribution in [2.45, 2.75) is 44.3 Å². The van der Waals surface area contributed by atoms with E-state index in [-0.39, 0.29) is 0 Å². The molecule has 2 saturated heterocycles. The Kier molecular flexibility index (Phi) is 3.32. The second kappa shape index (κ2) is 5.30. The molecule has 2 aliphatic heterocycles. The van der Waals surface area contributed by atoms with Gasteiger partial charge in [0.05, 0.1) is 0 Å². The van der Waals surface area contributed by atoms with Crippen LogP contribution in [-0.2, 0) is 6.54 Å². The molecule has 0 bridgehead atoms. The van der Waals surface area contributed by atoms with Gasteiger partial charge in [-0.05, 0) is 32.2 Å². The molecular weight excluding hydrogens is 250 g/mol. The molecule has 1 unspecified atom stereocenters. The van der Waals surface area contributed by atoms with Crippen molar-refractivity contribution in [1.82, 2.24) is 20.2 Å². The van der Waals surface area contributed by atoms with Crippen LogP contribution in [0.15, 0.2) is 12.4 Å². The van der Waals surface area contributed by atoms with E-state index in [4.69, 9.17) is 0 Å². The van der Waals surface area contributed by atoms with E-state index < -0.39 is 0 Å². The van der Waals surface area contributed by atoms with Crippen molar-refractivity contribution in [3.8, 4) is 0 Å². The molecule has 1 saturated carbocycles. The van der Waals surface area contributed by atoms with E-state index in [1.807, 2.05) is 12.4 Å². The number of hydrogen-bond acceptors (Lipinski definition) is 5. The SMILES string of the molecule is c1nc(N2CCN3CCCC3C2)ncc1CNC1CC1. The maximum Gasteiger partial charge on any atom is 0.225 e. The number of rotatable bonds is 4. The van der Waals surface area contributed by atoms with Gasteiger partial charge in [0, 0.05) is 56.2 Å². The van der Waals surface area contributed by atoms with Gasteiger partial charge in [0.1, 0.15) is 0 Å². The van der Waals surface area contributed by atoms with Crippen molar-refractivity contribution < 1.29 is 0 Å². The lowest BCUT2D eigenvalue weighted by Gasteiger charge is -2.37. The second-order valence-corrected chi connectivity index (χ2v) is 6.32. The minimum Gasteiger partial charge on any atom is -0.338 e. The molecule has 3 aliphatic rings. The Hall–Kier alpha value is -1.20. The van der Waals surface area contributed by atoms with E-state index in [0.29, 0.717) is 0 Å². The van der Waals surface area contributed by atoms with Gasteiger partial charge in [-0.1, -0.05) is 0 Å². The number of piperazine rings is 1. The van der Waals surface area contributed by atoms with Gasteiger partial charge in [-0.15, -0.1) is 0 Å². The van der Waals surface area contributed by atoms with Crippen molar-refractivity contribution in [2.24, 2.45) is 0 Å². The molecule has 1 aliphatic carbocycles. The zero-order valence-corrected chi connectivity index (χ0v) is 12.0. The third kappa shape index (κ3) is 2.65. The Morgan fingerprint density at radius 2 is 1.95 bits per heavy atom. The summed E-state index contributed by atoms with van der Waals surface area (Å²) in [6, 6.07) is 1.47. The summed E-state index contributed by atoms with van der Waals surface area (Å²) in [4.78, 5) is 14.1. The van der Waals surface area contributed by atoms with Crippen molar-refractivity contribution in [3.05, 3.63) is 18.0 Å². The molecule has 0 spiro atoms. The molecule has 3 heterocycles. The molecule has 1 aromatic rings. The molecule has 20 heavy (non-hydrogen) atoms. The summed E-state index contributed by atoms with van der Waals surface area (Å²) >= 11 is 0. The maximum absolute atomic E-state index is 4.57. The summed E-state index contributed by atoms with van der Waals surface area (Å²) < 4.78 is 0. The summed E-state index contributed by atoms with van der Waals surface area (Å²) in [5, 5.41) is 3.50. The Morgan fingerprint density at radius 1 is 1.10 bits per heavy atom. The van der Waals surface area contributed by atoms with Crippen LogP contribution in [0.3, 0.4) is 0 Å². The van der Waals surface area contributed by atoms with Crippen molar-refractivity contribution in [1.29, 1.82) is 0 Å². The highest BCUT2D eigenvalue weighted by molar-refractivity contribution is 5.31. The first-order chi connectivity index (χ1) is 9.88. The fraction of sp³-hybridized carbons (Fsp3) is 0.733. The third-order valence-corrected chi connectivity index (χ3v) is 4.73. The van der Waals surface area contributed by atoms with Crippen LogP contribution in [0, 0.1) is 0 Å². The van der Waals surface area contributed by atoms with Gasteiger partial charge in [-0.25, -0.2) is 9.97 Å². The monoisotopic (exact) mass is 273 g/mol. The summed E-state index contributed by atoms with van der Waals surface area (Å²) in [6.07, 6.45) is 9.30. The van der Waals surface area contributed by atoms with Crippen LogP contribution < -0.4 is 10.2 Å². The quantitative estimate of drug-likeness (QED) is 0.887. The number of anilines is 1. The average molecular weight is 273 g/mol. The first-order valence-corrected chi connectivity index (χ1v) is 7.92. The zero-order valence-electron chi connectivity index (χ0n) is 12.0. The van der Waals surface area contributed by atoms with Crippen LogP contribution in [0.2, 0.25) is 0 Å². The van der Waals surface area contributed by atoms with Gasteiger partial charge in [0.25, 0.3) is 0 Å². The third-order valence-electron chi connectivity index (χ3n) is 4.73. The molecular formula is C15H23N5. The normalized spacial score (nSPS) is 26.8. The van der Waals surface area contributed by atoms with Crippen LogP contribution in [0.4, 0.5) is 5.95 Å². The number of nitrogens with zero attached hydrogens (tertiary/aromatic N) is 4. The van der Waals surface area contributed by atoms with Crippen LogP contribution in [0.1, 0.15) is 31.2 Å². The molecule has 0 radical (unpaired) electrons. The van der Waals surface area contributed by atoms with E-state index in [2.05, 4.69) is 25.1 Å². The number of aromatic nitrogens is 2. The molecule has 1 atom stereocenters. The fourth-order valence-electron chi connectivity index (χ4n) is 3.32. The van der Waals surface area contributed by atoms with Gasteiger partial charge in [-0.2, -0.15) is 0 Å². The maximum atomic E-state index is 4.57. The van der Waals surface area contributed by atoms with Crippen molar-refractivity contribution in [3.63, 3.8) is 0 Å². The van der Waals surface area contributed by atoms with Crippen LogP contribution >= 0.6 is 0 Å². The minimum absolute atomic E-state index is 0.726. The first-order valence-electron chi connectivity index (χ1n) is 7.92. The Bertz CT molecular complexity index is 456. The van der Waals surface area contributed by atoms with E-state index >= 15 is 0 Å². The highest BCUT2D eigenvalue weighted by Crippen LogP contribution is 2.23.